The molecule has 0 atom stereocenters. The Balaban J connectivity index is 1.24. The van der Waals surface area contributed by atoms with Crippen molar-refractivity contribution >= 4 is 23.3 Å². The lowest BCUT2D eigenvalue weighted by Crippen LogP contribution is -2.27. The van der Waals surface area contributed by atoms with Gasteiger partial charge in [0, 0.05) is 19.4 Å². The average molecular weight is 448 g/mol. The van der Waals surface area contributed by atoms with Gasteiger partial charge in [0.2, 0.25) is 5.01 Å². The number of aromatic nitrogens is 4. The Bertz CT molecular complexity index is 1090. The highest BCUT2D eigenvalue weighted by molar-refractivity contribution is 7.13. The van der Waals surface area contributed by atoms with Crippen molar-refractivity contribution in [1.29, 1.82) is 0 Å². The van der Waals surface area contributed by atoms with Gasteiger partial charge in [-0.05, 0) is 48.8 Å². The molecule has 0 fully saturated rings. The van der Waals surface area contributed by atoms with Gasteiger partial charge in [-0.25, -0.2) is 0 Å². The summed E-state index contributed by atoms with van der Waals surface area (Å²) in [6.45, 7) is 4.78. The Morgan fingerprint density at radius 2 is 1.88 bits per heavy atom. The van der Waals surface area contributed by atoms with Gasteiger partial charge in [0.15, 0.2) is 0 Å². The number of nitrogens with one attached hydrogen (secondary N) is 1. The maximum atomic E-state index is 12.1. The second-order valence-corrected chi connectivity index (χ2v) is 9.75. The molecule has 2 aromatic heterocycles. The van der Waals surface area contributed by atoms with Crippen LogP contribution in [-0.2, 0) is 25.7 Å². The second kappa shape index (κ2) is 10.6. The quantitative estimate of drug-likeness (QED) is 0.464. The summed E-state index contributed by atoms with van der Waals surface area (Å²) in [4.78, 5) is 12.1. The molecule has 0 aliphatic heterocycles. The van der Waals surface area contributed by atoms with Gasteiger partial charge < -0.3 is 5.32 Å². The maximum absolute atomic E-state index is 12.1. The van der Waals surface area contributed by atoms with E-state index in [9.17, 15) is 4.79 Å². The van der Waals surface area contributed by atoms with E-state index in [1.165, 1.54) is 28.0 Å². The van der Waals surface area contributed by atoms with E-state index in [1.807, 2.05) is 6.07 Å². The van der Waals surface area contributed by atoms with Gasteiger partial charge in [-0.1, -0.05) is 67.2 Å². The first-order chi connectivity index (χ1) is 15.6. The molecule has 7 heteroatoms. The van der Waals surface area contributed by atoms with Gasteiger partial charge in [0.05, 0.1) is 11.4 Å². The predicted molar refractivity (Wildman–Crippen MR) is 128 cm³/mol. The van der Waals surface area contributed by atoms with Crippen LogP contribution in [0.5, 0.6) is 0 Å². The Labute approximate surface area is 193 Å². The van der Waals surface area contributed by atoms with Crippen LogP contribution < -0.4 is 5.32 Å². The molecule has 1 aliphatic carbocycles. The third-order valence-corrected chi connectivity index (χ3v) is 6.37. The predicted octanol–water partition coefficient (Wildman–Crippen LogP) is 4.46. The number of unbranched alkanes of at least 4 members (excludes halogenated alkanes) is 1. The van der Waals surface area contributed by atoms with Gasteiger partial charge >= 0.3 is 0 Å². The number of hydrogen-bond acceptors (Lipinski definition) is 6. The van der Waals surface area contributed by atoms with Crippen molar-refractivity contribution in [3.8, 4) is 0 Å². The molecular formula is C25H29N5OS. The van der Waals surface area contributed by atoms with Crippen molar-refractivity contribution in [3.05, 3.63) is 74.5 Å². The van der Waals surface area contributed by atoms with Gasteiger partial charge in [-0.2, -0.15) is 10.2 Å². The largest absolute Gasteiger partial charge is 0.350 e. The summed E-state index contributed by atoms with van der Waals surface area (Å²) >= 11 is 1.39. The fraction of sp³-hybridized carbons (Fsp3) is 0.400. The Morgan fingerprint density at radius 3 is 2.69 bits per heavy atom. The molecule has 0 radical (unpaired) electrons. The summed E-state index contributed by atoms with van der Waals surface area (Å²) < 4.78 is 0. The van der Waals surface area contributed by atoms with E-state index in [4.69, 9.17) is 0 Å². The lowest BCUT2D eigenvalue weighted by molar-refractivity contribution is 0.0948. The van der Waals surface area contributed by atoms with Crippen molar-refractivity contribution in [2.75, 3.05) is 6.54 Å². The van der Waals surface area contributed by atoms with E-state index in [-0.39, 0.29) is 5.91 Å². The van der Waals surface area contributed by atoms with Crippen LogP contribution in [-0.4, -0.2) is 32.8 Å². The first-order valence-electron chi connectivity index (χ1n) is 11.3. The molecule has 1 N–H and O–H groups in total. The van der Waals surface area contributed by atoms with Gasteiger partial charge in [0.25, 0.3) is 5.91 Å². The van der Waals surface area contributed by atoms with Gasteiger partial charge in [0.1, 0.15) is 5.01 Å². The van der Waals surface area contributed by atoms with Crippen molar-refractivity contribution in [2.24, 2.45) is 5.92 Å². The molecular weight excluding hydrogens is 418 g/mol. The van der Waals surface area contributed by atoms with Crippen LogP contribution >= 0.6 is 11.3 Å². The highest BCUT2D eigenvalue weighted by atomic mass is 32.1. The normalized spacial score (nSPS) is 12.7. The zero-order valence-corrected chi connectivity index (χ0v) is 19.5. The van der Waals surface area contributed by atoms with E-state index in [0.717, 1.165) is 54.9 Å². The summed E-state index contributed by atoms with van der Waals surface area (Å²) in [5.74, 6) is 0.287. The van der Waals surface area contributed by atoms with Gasteiger partial charge in [-0.3, -0.25) is 4.79 Å². The molecule has 166 valence electrons. The van der Waals surface area contributed by atoms with E-state index < -0.39 is 0 Å². The van der Waals surface area contributed by atoms with Crippen LogP contribution in [0.15, 0.2) is 42.0 Å². The number of benzene rings is 1. The van der Waals surface area contributed by atoms with Crippen molar-refractivity contribution in [3.63, 3.8) is 0 Å². The minimum atomic E-state index is -0.129. The standard InChI is InChI=1S/C25H29N5OS/c1-17(2)16-26-24(31)25-30-29-23(32-25)11-7-6-10-21-15-20-13-19(14-22(20)28-27-21)12-18-8-4-3-5-9-18/h3-5,8-9,13,15,17H,6-7,10-12,14,16H2,1-2H3,(H,26,31). The van der Waals surface area contributed by atoms with Crippen molar-refractivity contribution in [2.45, 2.75) is 52.4 Å². The second-order valence-electron chi connectivity index (χ2n) is 8.69. The topological polar surface area (TPSA) is 80.7 Å². The number of carbonyl (C=O) groups is 1. The fourth-order valence-electron chi connectivity index (χ4n) is 3.72. The highest BCUT2D eigenvalue weighted by Gasteiger charge is 2.16. The summed E-state index contributed by atoms with van der Waals surface area (Å²) in [7, 11) is 0. The number of hydrogen-bond donors (Lipinski definition) is 1. The number of nitrogens with zero attached hydrogens (tertiary/aromatic N) is 4. The minimum absolute atomic E-state index is 0.129. The van der Waals surface area contributed by atoms with Crippen LogP contribution in [0.2, 0.25) is 0 Å². The third kappa shape index (κ3) is 6.07. The Hall–Kier alpha value is -2.93. The molecule has 1 aromatic carbocycles. The summed E-state index contributed by atoms with van der Waals surface area (Å²) in [5, 5.41) is 21.4. The fourth-order valence-corrected chi connectivity index (χ4v) is 4.52. The molecule has 32 heavy (non-hydrogen) atoms. The first kappa shape index (κ1) is 22.3. The Morgan fingerprint density at radius 1 is 1.06 bits per heavy atom. The lowest BCUT2D eigenvalue weighted by Gasteiger charge is -2.04. The number of aryl methyl sites for hydroxylation is 2. The lowest BCUT2D eigenvalue weighted by atomic mass is 10.0. The molecule has 1 aliphatic rings. The van der Waals surface area contributed by atoms with Crippen LogP contribution in [0, 0.1) is 5.92 Å². The molecule has 6 nitrogen and oxygen atoms in total. The summed E-state index contributed by atoms with van der Waals surface area (Å²) in [6, 6.07) is 12.7. The number of allylic oxidation sites excluding steroid dienone is 1. The number of amides is 1. The van der Waals surface area contributed by atoms with Crippen molar-refractivity contribution < 1.29 is 4.79 Å². The molecule has 4 rings (SSSR count). The number of fused-ring (bicyclic) bond motifs is 1. The monoisotopic (exact) mass is 447 g/mol. The van der Waals surface area contributed by atoms with E-state index in [2.05, 4.69) is 76.0 Å². The molecule has 0 unspecified atom stereocenters. The molecule has 2 heterocycles. The molecule has 0 saturated carbocycles. The van der Waals surface area contributed by atoms with E-state index in [1.54, 1.807) is 0 Å². The van der Waals surface area contributed by atoms with Crippen LogP contribution in [0.25, 0.3) is 6.08 Å². The van der Waals surface area contributed by atoms with Crippen LogP contribution in [0.1, 0.15) is 64.0 Å². The molecule has 0 bridgehead atoms. The number of carbonyl (C=O) groups excluding carboxylic acids is 1. The first-order valence-corrected chi connectivity index (χ1v) is 12.1. The number of rotatable bonds is 10. The van der Waals surface area contributed by atoms with Crippen LogP contribution in [0.3, 0.4) is 0 Å². The molecule has 0 saturated heterocycles. The smallest absolute Gasteiger partial charge is 0.282 e. The van der Waals surface area contributed by atoms with Gasteiger partial charge in [-0.15, -0.1) is 10.2 Å². The van der Waals surface area contributed by atoms with E-state index in [0.29, 0.717) is 17.5 Å². The highest BCUT2D eigenvalue weighted by Crippen LogP contribution is 2.26. The van der Waals surface area contributed by atoms with Crippen LogP contribution in [0.4, 0.5) is 0 Å². The average Bonchev–Trinajstić information content (AvgIpc) is 3.42. The van der Waals surface area contributed by atoms with E-state index >= 15 is 0 Å². The zero-order chi connectivity index (χ0) is 22.3. The Kier molecular flexibility index (Phi) is 7.37. The molecule has 0 spiro atoms. The summed E-state index contributed by atoms with van der Waals surface area (Å²) in [6.07, 6.45) is 7.83. The minimum Gasteiger partial charge on any atom is -0.350 e. The molecule has 3 aromatic rings. The van der Waals surface area contributed by atoms with Crippen molar-refractivity contribution in [1.82, 2.24) is 25.7 Å². The zero-order valence-electron chi connectivity index (χ0n) is 18.7. The maximum Gasteiger partial charge on any atom is 0.282 e. The summed E-state index contributed by atoms with van der Waals surface area (Å²) in [5.41, 5.74) is 6.05. The molecule has 1 amide bonds. The SMILES string of the molecule is CC(C)CNC(=O)c1nnc(CCCCc2cc3c(nn2)CC(Cc2ccccc2)=C3)s1. The third-order valence-electron chi connectivity index (χ3n) is 5.39.